The lowest BCUT2D eigenvalue weighted by molar-refractivity contribution is -0.123. The molecule has 0 aliphatic rings. The molecule has 1 N–H and O–H groups in total. The molecule has 24 heavy (non-hydrogen) atoms. The first-order chi connectivity index (χ1) is 11.5. The number of aryl methyl sites for hydroxylation is 2. The summed E-state index contributed by atoms with van der Waals surface area (Å²) in [4.78, 5) is 11.9. The van der Waals surface area contributed by atoms with E-state index in [0.717, 1.165) is 22.4 Å². The van der Waals surface area contributed by atoms with E-state index >= 15 is 0 Å². The van der Waals surface area contributed by atoms with Crippen molar-refractivity contribution in [3.63, 3.8) is 0 Å². The summed E-state index contributed by atoms with van der Waals surface area (Å²) in [7, 11) is 0. The highest BCUT2D eigenvalue weighted by atomic mass is 16.5. The molecule has 5 heteroatoms. The van der Waals surface area contributed by atoms with E-state index in [1.807, 2.05) is 45.0 Å². The minimum atomic E-state index is -0.382. The Morgan fingerprint density at radius 2 is 2.00 bits per heavy atom. The zero-order valence-corrected chi connectivity index (χ0v) is 14.0. The Kier molecular flexibility index (Phi) is 5.69. The van der Waals surface area contributed by atoms with Gasteiger partial charge in [0.25, 0.3) is 5.91 Å². The molecule has 2 aromatic rings. The smallest absolute Gasteiger partial charge is 0.277 e. The van der Waals surface area contributed by atoms with Crippen molar-refractivity contribution in [2.24, 2.45) is 5.10 Å². The van der Waals surface area contributed by atoms with Crippen LogP contribution in [0.4, 0.5) is 0 Å². The van der Waals surface area contributed by atoms with E-state index in [1.54, 1.807) is 24.3 Å². The van der Waals surface area contributed by atoms with Crippen LogP contribution in [0.25, 0.3) is 0 Å². The van der Waals surface area contributed by atoms with Gasteiger partial charge in [0.05, 0.1) is 11.3 Å². The first kappa shape index (κ1) is 17.2. The number of rotatable bonds is 5. The van der Waals surface area contributed by atoms with Crippen molar-refractivity contribution in [1.82, 2.24) is 5.43 Å². The molecule has 0 bridgehead atoms. The Balaban J connectivity index is 1.97. The largest absolute Gasteiger partial charge is 0.482 e. The number of para-hydroxylation sites is 1. The van der Waals surface area contributed by atoms with Crippen LogP contribution in [0.15, 0.2) is 47.6 Å². The Bertz CT molecular complexity index is 820. The number of nitrogens with zero attached hydrogens (tertiary/aromatic N) is 2. The Morgan fingerprint density at radius 1 is 1.25 bits per heavy atom. The average molecular weight is 321 g/mol. The van der Waals surface area contributed by atoms with Gasteiger partial charge in [-0.3, -0.25) is 4.79 Å². The number of carbonyl (C=O) groups is 1. The van der Waals surface area contributed by atoms with E-state index in [4.69, 9.17) is 10.00 Å². The summed E-state index contributed by atoms with van der Waals surface area (Å²) >= 11 is 0. The molecular formula is C19H19N3O2. The van der Waals surface area contributed by atoms with Gasteiger partial charge in [-0.05, 0) is 44.5 Å². The van der Waals surface area contributed by atoms with Crippen molar-refractivity contribution in [1.29, 1.82) is 5.26 Å². The van der Waals surface area contributed by atoms with Crippen LogP contribution in [-0.2, 0) is 4.79 Å². The zero-order valence-electron chi connectivity index (χ0n) is 14.0. The molecule has 0 atom stereocenters. The van der Waals surface area contributed by atoms with E-state index < -0.39 is 0 Å². The van der Waals surface area contributed by atoms with Crippen LogP contribution in [0, 0.1) is 25.2 Å². The fraction of sp³-hybridized carbons (Fsp3) is 0.211. The Hall–Kier alpha value is -3.13. The highest BCUT2D eigenvalue weighted by molar-refractivity contribution is 6.00. The van der Waals surface area contributed by atoms with E-state index in [-0.39, 0.29) is 12.5 Å². The van der Waals surface area contributed by atoms with Crippen molar-refractivity contribution in [2.75, 3.05) is 6.61 Å². The summed E-state index contributed by atoms with van der Waals surface area (Å²) in [5.41, 5.74) is 6.81. The maximum absolute atomic E-state index is 11.9. The molecule has 1 amide bonds. The van der Waals surface area contributed by atoms with E-state index in [0.29, 0.717) is 11.3 Å². The molecule has 0 spiro atoms. The molecule has 2 aromatic carbocycles. The van der Waals surface area contributed by atoms with Crippen LogP contribution in [0.1, 0.15) is 29.2 Å². The molecule has 0 unspecified atom stereocenters. The van der Waals surface area contributed by atoms with Crippen LogP contribution in [-0.4, -0.2) is 18.2 Å². The predicted octanol–water partition coefficient (Wildman–Crippen LogP) is 3.09. The summed E-state index contributed by atoms with van der Waals surface area (Å²) in [6, 6.07) is 14.9. The van der Waals surface area contributed by atoms with Gasteiger partial charge >= 0.3 is 0 Å². The predicted molar refractivity (Wildman–Crippen MR) is 92.9 cm³/mol. The maximum Gasteiger partial charge on any atom is 0.277 e. The van der Waals surface area contributed by atoms with Crippen molar-refractivity contribution in [2.45, 2.75) is 20.8 Å². The minimum Gasteiger partial charge on any atom is -0.482 e. The van der Waals surface area contributed by atoms with Gasteiger partial charge in [0.2, 0.25) is 0 Å². The zero-order chi connectivity index (χ0) is 17.5. The second-order valence-corrected chi connectivity index (χ2v) is 5.45. The second-order valence-electron chi connectivity index (χ2n) is 5.45. The van der Waals surface area contributed by atoms with Crippen molar-refractivity contribution < 1.29 is 9.53 Å². The lowest BCUT2D eigenvalue weighted by Crippen LogP contribution is -2.25. The monoisotopic (exact) mass is 321 g/mol. The molecule has 0 aliphatic carbocycles. The molecule has 0 aromatic heterocycles. The highest BCUT2D eigenvalue weighted by Gasteiger charge is 2.07. The molecule has 122 valence electrons. The van der Waals surface area contributed by atoms with Crippen molar-refractivity contribution >= 4 is 11.6 Å². The number of hydrazone groups is 1. The number of ether oxygens (including phenoxy) is 1. The SMILES string of the molecule is C/C(=N/NC(=O)COc1ccccc1C#N)c1cc(C)ccc1C. The van der Waals surface area contributed by atoms with Crippen LogP contribution in [0.2, 0.25) is 0 Å². The lowest BCUT2D eigenvalue weighted by atomic mass is 10.0. The third kappa shape index (κ3) is 4.43. The number of benzene rings is 2. The molecule has 2 rings (SSSR count). The highest BCUT2D eigenvalue weighted by Crippen LogP contribution is 2.16. The molecule has 5 nitrogen and oxygen atoms in total. The third-order valence-corrected chi connectivity index (χ3v) is 3.50. The van der Waals surface area contributed by atoms with E-state index in [1.165, 1.54) is 0 Å². The number of amides is 1. The number of hydrogen-bond acceptors (Lipinski definition) is 4. The lowest BCUT2D eigenvalue weighted by Gasteiger charge is -2.08. The number of nitrogens with one attached hydrogen (secondary N) is 1. The quantitative estimate of drug-likeness (QED) is 0.679. The van der Waals surface area contributed by atoms with Crippen LogP contribution in [0.3, 0.4) is 0 Å². The van der Waals surface area contributed by atoms with Gasteiger partial charge in [-0.1, -0.05) is 29.8 Å². The molecule has 0 heterocycles. The number of hydrogen-bond donors (Lipinski definition) is 1. The van der Waals surface area contributed by atoms with Gasteiger partial charge in [0, 0.05) is 5.56 Å². The van der Waals surface area contributed by atoms with E-state index in [9.17, 15) is 4.79 Å². The molecule has 0 fully saturated rings. The second kappa shape index (κ2) is 7.93. The standard InChI is InChI=1S/C19H19N3O2/c1-13-8-9-14(2)17(10-13)15(3)21-22-19(23)12-24-18-7-5-4-6-16(18)11-20/h4-10H,12H2,1-3H3,(H,22,23)/b21-15-. The Labute approximate surface area is 141 Å². The molecule has 0 saturated carbocycles. The maximum atomic E-state index is 11.9. The van der Waals surface area contributed by atoms with Gasteiger partial charge in [0.15, 0.2) is 6.61 Å². The molecular weight excluding hydrogens is 302 g/mol. The average Bonchev–Trinajstić information content (AvgIpc) is 2.60. The van der Waals surface area contributed by atoms with Crippen molar-refractivity contribution in [3.8, 4) is 11.8 Å². The van der Waals surface area contributed by atoms with Gasteiger partial charge < -0.3 is 4.74 Å². The van der Waals surface area contributed by atoms with Crippen LogP contribution >= 0.6 is 0 Å². The van der Waals surface area contributed by atoms with Crippen LogP contribution < -0.4 is 10.2 Å². The normalized spacial score (nSPS) is 10.8. The third-order valence-electron chi connectivity index (χ3n) is 3.50. The van der Waals surface area contributed by atoms with Gasteiger partial charge in [-0.25, -0.2) is 5.43 Å². The van der Waals surface area contributed by atoms with Crippen LogP contribution in [0.5, 0.6) is 5.75 Å². The topological polar surface area (TPSA) is 74.5 Å². The number of carbonyl (C=O) groups excluding carboxylic acids is 1. The number of nitriles is 1. The fourth-order valence-corrected chi connectivity index (χ4v) is 2.19. The first-order valence-electron chi connectivity index (χ1n) is 7.54. The molecule has 0 saturated heterocycles. The van der Waals surface area contributed by atoms with Gasteiger partial charge in [0.1, 0.15) is 11.8 Å². The van der Waals surface area contributed by atoms with Crippen molar-refractivity contribution in [3.05, 3.63) is 64.7 Å². The van der Waals surface area contributed by atoms with Gasteiger partial charge in [-0.2, -0.15) is 10.4 Å². The Morgan fingerprint density at radius 3 is 2.75 bits per heavy atom. The first-order valence-corrected chi connectivity index (χ1v) is 7.54. The summed E-state index contributed by atoms with van der Waals surface area (Å²) in [6.07, 6.45) is 0. The van der Waals surface area contributed by atoms with Gasteiger partial charge in [-0.15, -0.1) is 0 Å². The van der Waals surface area contributed by atoms with E-state index in [2.05, 4.69) is 10.5 Å². The summed E-state index contributed by atoms with van der Waals surface area (Å²) < 4.78 is 5.37. The summed E-state index contributed by atoms with van der Waals surface area (Å²) in [5.74, 6) is -0.00206. The fourth-order valence-electron chi connectivity index (χ4n) is 2.19. The molecule has 0 aliphatic heterocycles. The summed E-state index contributed by atoms with van der Waals surface area (Å²) in [6.45, 7) is 5.64. The minimum absolute atomic E-state index is 0.206. The molecule has 0 radical (unpaired) electrons. The summed E-state index contributed by atoms with van der Waals surface area (Å²) in [5, 5.41) is 13.1.